The van der Waals surface area contributed by atoms with Crippen molar-refractivity contribution in [2.75, 3.05) is 7.11 Å². The van der Waals surface area contributed by atoms with Gasteiger partial charge in [0.15, 0.2) is 11.5 Å². The normalized spacial score (nSPS) is 10.5. The molecule has 0 aliphatic heterocycles. The van der Waals surface area contributed by atoms with Crippen molar-refractivity contribution in [1.82, 2.24) is 4.98 Å². The zero-order chi connectivity index (χ0) is 14.8. The second-order valence-electron chi connectivity index (χ2n) is 4.47. The number of aromatic hydroxyl groups is 2. The number of phenols is 2. The van der Waals surface area contributed by atoms with Crippen LogP contribution < -0.4 is 4.74 Å². The predicted octanol–water partition coefficient (Wildman–Crippen LogP) is 3.90. The largest absolute Gasteiger partial charge is 0.504 e. The van der Waals surface area contributed by atoms with Crippen molar-refractivity contribution >= 4 is 11.3 Å². The Bertz CT molecular complexity index is 765. The lowest BCUT2D eigenvalue weighted by Crippen LogP contribution is -1.83. The molecule has 106 valence electrons. The highest BCUT2D eigenvalue weighted by Gasteiger charge is 2.09. The lowest BCUT2D eigenvalue weighted by molar-refractivity contribution is 0.404. The summed E-state index contributed by atoms with van der Waals surface area (Å²) < 4.78 is 5.13. The van der Waals surface area contributed by atoms with Gasteiger partial charge in [-0.05, 0) is 42.5 Å². The van der Waals surface area contributed by atoms with Crippen LogP contribution in [0.3, 0.4) is 0 Å². The van der Waals surface area contributed by atoms with E-state index < -0.39 is 0 Å². The van der Waals surface area contributed by atoms with E-state index in [1.54, 1.807) is 13.2 Å². The third-order valence-corrected chi connectivity index (χ3v) is 4.00. The Labute approximate surface area is 125 Å². The van der Waals surface area contributed by atoms with Crippen molar-refractivity contribution in [3.63, 3.8) is 0 Å². The fourth-order valence-corrected chi connectivity index (χ4v) is 2.78. The highest BCUT2D eigenvalue weighted by Crippen LogP contribution is 2.34. The highest BCUT2D eigenvalue weighted by atomic mass is 32.1. The number of nitrogens with zero attached hydrogens (tertiary/aromatic N) is 1. The van der Waals surface area contributed by atoms with Crippen LogP contribution in [0.2, 0.25) is 0 Å². The van der Waals surface area contributed by atoms with Gasteiger partial charge in [0.1, 0.15) is 10.8 Å². The molecule has 4 nitrogen and oxygen atoms in total. The molecule has 0 unspecified atom stereocenters. The molecule has 1 aromatic heterocycles. The Hall–Kier alpha value is -2.53. The summed E-state index contributed by atoms with van der Waals surface area (Å²) in [6, 6.07) is 12.4. The number of ether oxygens (including phenoxy) is 1. The molecular weight excluding hydrogens is 286 g/mol. The van der Waals surface area contributed by atoms with Gasteiger partial charge in [-0.2, -0.15) is 0 Å². The number of thiazole rings is 1. The van der Waals surface area contributed by atoms with Crippen LogP contribution in [0, 0.1) is 0 Å². The number of rotatable bonds is 3. The minimum Gasteiger partial charge on any atom is -0.504 e. The fraction of sp³-hybridized carbons (Fsp3) is 0.0625. The first-order valence-electron chi connectivity index (χ1n) is 6.29. The summed E-state index contributed by atoms with van der Waals surface area (Å²) in [6.07, 6.45) is 0. The number of benzene rings is 2. The molecule has 0 bridgehead atoms. The van der Waals surface area contributed by atoms with E-state index in [9.17, 15) is 10.2 Å². The molecule has 0 amide bonds. The topological polar surface area (TPSA) is 62.6 Å². The number of phenolic OH excluding ortho intramolecular Hbond substituents is 2. The molecule has 3 aromatic rings. The van der Waals surface area contributed by atoms with E-state index in [1.807, 2.05) is 29.6 Å². The number of hydrogen-bond donors (Lipinski definition) is 2. The van der Waals surface area contributed by atoms with Gasteiger partial charge in [-0.25, -0.2) is 4.98 Å². The fourth-order valence-electron chi connectivity index (χ4n) is 1.96. The third-order valence-electron chi connectivity index (χ3n) is 3.11. The van der Waals surface area contributed by atoms with Crippen LogP contribution in [0.4, 0.5) is 0 Å². The molecule has 0 radical (unpaired) electrons. The van der Waals surface area contributed by atoms with Crippen LogP contribution in [-0.2, 0) is 0 Å². The van der Waals surface area contributed by atoms with E-state index in [-0.39, 0.29) is 11.5 Å². The van der Waals surface area contributed by atoms with Crippen LogP contribution >= 0.6 is 11.3 Å². The molecule has 2 aromatic carbocycles. The second-order valence-corrected chi connectivity index (χ2v) is 5.33. The van der Waals surface area contributed by atoms with Crippen LogP contribution in [0.5, 0.6) is 17.2 Å². The minimum absolute atomic E-state index is 0.134. The van der Waals surface area contributed by atoms with Gasteiger partial charge in [0.2, 0.25) is 0 Å². The van der Waals surface area contributed by atoms with Crippen LogP contribution in [0.1, 0.15) is 0 Å². The lowest BCUT2D eigenvalue weighted by Gasteiger charge is -2.01. The van der Waals surface area contributed by atoms with E-state index in [0.29, 0.717) is 0 Å². The first kappa shape index (κ1) is 13.5. The molecule has 1 heterocycles. The summed E-state index contributed by atoms with van der Waals surface area (Å²) in [5, 5.41) is 21.6. The number of aromatic nitrogens is 1. The summed E-state index contributed by atoms with van der Waals surface area (Å²) in [6.45, 7) is 0. The van der Waals surface area contributed by atoms with Crippen molar-refractivity contribution in [2.45, 2.75) is 0 Å². The quantitative estimate of drug-likeness (QED) is 0.720. The summed E-state index contributed by atoms with van der Waals surface area (Å²) in [7, 11) is 1.63. The molecule has 21 heavy (non-hydrogen) atoms. The zero-order valence-electron chi connectivity index (χ0n) is 11.3. The average molecular weight is 299 g/mol. The Morgan fingerprint density at radius 1 is 0.952 bits per heavy atom. The Morgan fingerprint density at radius 3 is 2.33 bits per heavy atom. The van der Waals surface area contributed by atoms with Crippen molar-refractivity contribution in [3.8, 4) is 39.1 Å². The van der Waals surface area contributed by atoms with E-state index in [2.05, 4.69) is 4.98 Å². The second kappa shape index (κ2) is 5.46. The first-order chi connectivity index (χ1) is 10.2. The molecule has 0 saturated heterocycles. The molecular formula is C16H13NO3S. The first-order valence-corrected chi connectivity index (χ1v) is 7.17. The van der Waals surface area contributed by atoms with E-state index >= 15 is 0 Å². The molecule has 0 aliphatic carbocycles. The van der Waals surface area contributed by atoms with Crippen molar-refractivity contribution in [3.05, 3.63) is 47.8 Å². The molecule has 2 N–H and O–H groups in total. The van der Waals surface area contributed by atoms with Gasteiger partial charge in [0, 0.05) is 16.5 Å². The lowest BCUT2D eigenvalue weighted by atomic mass is 10.1. The number of hydrogen-bond acceptors (Lipinski definition) is 5. The maximum Gasteiger partial charge on any atom is 0.158 e. The molecule has 5 heteroatoms. The SMILES string of the molecule is COc1ccc(-c2csc(-c3ccc(O)c(O)c3)n2)cc1. The molecule has 0 saturated carbocycles. The van der Waals surface area contributed by atoms with Crippen molar-refractivity contribution in [2.24, 2.45) is 0 Å². The molecule has 0 aliphatic rings. The van der Waals surface area contributed by atoms with Crippen LogP contribution in [0.15, 0.2) is 47.8 Å². The van der Waals surface area contributed by atoms with Gasteiger partial charge < -0.3 is 14.9 Å². The van der Waals surface area contributed by atoms with Crippen molar-refractivity contribution < 1.29 is 14.9 Å². The molecule has 3 rings (SSSR count). The Balaban J connectivity index is 1.93. The van der Waals surface area contributed by atoms with Gasteiger partial charge in [-0.15, -0.1) is 11.3 Å². The van der Waals surface area contributed by atoms with Gasteiger partial charge in [0.05, 0.1) is 12.8 Å². The maximum absolute atomic E-state index is 9.56. The Kier molecular flexibility index (Phi) is 3.50. The molecule has 0 atom stereocenters. The molecule has 0 fully saturated rings. The predicted molar refractivity (Wildman–Crippen MR) is 82.9 cm³/mol. The van der Waals surface area contributed by atoms with E-state index in [4.69, 9.17) is 4.74 Å². The van der Waals surface area contributed by atoms with Crippen LogP contribution in [0.25, 0.3) is 21.8 Å². The van der Waals surface area contributed by atoms with E-state index in [1.165, 1.54) is 23.5 Å². The van der Waals surface area contributed by atoms with Gasteiger partial charge in [0.25, 0.3) is 0 Å². The molecule has 0 spiro atoms. The summed E-state index contributed by atoms with van der Waals surface area (Å²) in [4.78, 5) is 4.56. The zero-order valence-corrected chi connectivity index (χ0v) is 12.1. The summed E-state index contributed by atoms with van der Waals surface area (Å²) in [5.74, 6) is 0.525. The summed E-state index contributed by atoms with van der Waals surface area (Å²) >= 11 is 1.49. The smallest absolute Gasteiger partial charge is 0.158 e. The van der Waals surface area contributed by atoms with E-state index in [0.717, 1.165) is 27.6 Å². The van der Waals surface area contributed by atoms with Gasteiger partial charge in [-0.1, -0.05) is 0 Å². The standard InChI is InChI=1S/C16H13NO3S/c1-20-12-5-2-10(3-6-12)13-9-21-16(17-13)11-4-7-14(18)15(19)8-11/h2-9,18-19H,1H3. The van der Waals surface area contributed by atoms with Gasteiger partial charge >= 0.3 is 0 Å². The average Bonchev–Trinajstić information content (AvgIpc) is 3.00. The maximum atomic E-state index is 9.56. The minimum atomic E-state index is -0.145. The highest BCUT2D eigenvalue weighted by molar-refractivity contribution is 7.13. The number of methoxy groups -OCH3 is 1. The van der Waals surface area contributed by atoms with Gasteiger partial charge in [-0.3, -0.25) is 0 Å². The third kappa shape index (κ3) is 2.68. The van der Waals surface area contributed by atoms with Crippen LogP contribution in [-0.4, -0.2) is 22.3 Å². The van der Waals surface area contributed by atoms with Crippen molar-refractivity contribution in [1.29, 1.82) is 0 Å². The Morgan fingerprint density at radius 2 is 1.67 bits per heavy atom. The summed E-state index contributed by atoms with van der Waals surface area (Å²) in [5.41, 5.74) is 2.64. The monoisotopic (exact) mass is 299 g/mol.